The van der Waals surface area contributed by atoms with Crippen molar-refractivity contribution in [1.82, 2.24) is 4.98 Å². The Bertz CT molecular complexity index is 526. The third-order valence-electron chi connectivity index (χ3n) is 3.35. The third-order valence-corrected chi connectivity index (χ3v) is 4.71. The van der Waals surface area contributed by atoms with Crippen LogP contribution in [0.4, 0.5) is 0 Å². The number of aliphatic hydroxyl groups is 1. The minimum Gasteiger partial charge on any atom is -0.396 e. The van der Waals surface area contributed by atoms with E-state index >= 15 is 0 Å². The van der Waals surface area contributed by atoms with Crippen molar-refractivity contribution < 1.29 is 5.11 Å². The number of aliphatic hydroxyl groups excluding tert-OH is 1. The van der Waals surface area contributed by atoms with Crippen molar-refractivity contribution in [2.45, 2.75) is 26.2 Å². The lowest BCUT2D eigenvalue weighted by molar-refractivity contribution is 0.218. The second-order valence-electron chi connectivity index (χ2n) is 4.74. The SMILES string of the molecule is Cc1ncsc1CCC(CO)Cc1ccccc1Cl. The molecule has 0 radical (unpaired) electrons. The van der Waals surface area contributed by atoms with Gasteiger partial charge < -0.3 is 5.11 Å². The lowest BCUT2D eigenvalue weighted by atomic mass is 9.95. The Balaban J connectivity index is 1.94. The summed E-state index contributed by atoms with van der Waals surface area (Å²) in [7, 11) is 0. The Morgan fingerprint density at radius 1 is 1.37 bits per heavy atom. The molecule has 0 saturated carbocycles. The zero-order valence-electron chi connectivity index (χ0n) is 11.0. The lowest BCUT2D eigenvalue weighted by Crippen LogP contribution is -2.11. The van der Waals surface area contributed by atoms with Gasteiger partial charge >= 0.3 is 0 Å². The van der Waals surface area contributed by atoms with Gasteiger partial charge in [-0.2, -0.15) is 0 Å². The highest BCUT2D eigenvalue weighted by atomic mass is 35.5. The molecule has 4 heteroatoms. The summed E-state index contributed by atoms with van der Waals surface area (Å²) in [4.78, 5) is 5.57. The molecule has 0 aliphatic carbocycles. The zero-order chi connectivity index (χ0) is 13.7. The molecule has 0 fully saturated rings. The minimum atomic E-state index is 0.197. The van der Waals surface area contributed by atoms with E-state index in [1.807, 2.05) is 36.7 Å². The zero-order valence-corrected chi connectivity index (χ0v) is 12.5. The molecule has 1 unspecified atom stereocenters. The first-order valence-corrected chi connectivity index (χ1v) is 7.69. The van der Waals surface area contributed by atoms with Crippen LogP contribution in [0, 0.1) is 12.8 Å². The number of rotatable bonds is 6. The summed E-state index contributed by atoms with van der Waals surface area (Å²) in [6, 6.07) is 7.85. The van der Waals surface area contributed by atoms with E-state index in [0.717, 1.165) is 35.5 Å². The highest BCUT2D eigenvalue weighted by molar-refractivity contribution is 7.09. The molecular formula is C15H18ClNOS. The number of halogens is 1. The van der Waals surface area contributed by atoms with Crippen LogP contribution >= 0.6 is 22.9 Å². The van der Waals surface area contributed by atoms with E-state index in [4.69, 9.17) is 11.6 Å². The maximum Gasteiger partial charge on any atom is 0.0797 e. The molecule has 1 aromatic heterocycles. The number of hydrogen-bond donors (Lipinski definition) is 1. The molecule has 19 heavy (non-hydrogen) atoms. The Kier molecular flexibility index (Phi) is 5.37. The first-order valence-electron chi connectivity index (χ1n) is 6.44. The van der Waals surface area contributed by atoms with Crippen LogP contribution in [0.25, 0.3) is 0 Å². The standard InChI is InChI=1S/C15H18ClNOS/c1-11-15(19-10-17-11)7-6-12(9-18)8-13-4-2-3-5-14(13)16/h2-5,10,12,18H,6-9H2,1H3. The van der Waals surface area contributed by atoms with Gasteiger partial charge in [-0.25, -0.2) is 4.98 Å². The van der Waals surface area contributed by atoms with E-state index in [1.165, 1.54) is 4.88 Å². The third kappa shape index (κ3) is 4.03. The average molecular weight is 296 g/mol. The Morgan fingerprint density at radius 2 is 2.16 bits per heavy atom. The van der Waals surface area contributed by atoms with Crippen LogP contribution in [-0.4, -0.2) is 16.7 Å². The molecule has 0 spiro atoms. The minimum absolute atomic E-state index is 0.197. The molecule has 0 saturated heterocycles. The van der Waals surface area contributed by atoms with Crippen LogP contribution < -0.4 is 0 Å². The van der Waals surface area contributed by atoms with Crippen molar-refractivity contribution in [2.75, 3.05) is 6.61 Å². The molecule has 1 heterocycles. The highest BCUT2D eigenvalue weighted by Crippen LogP contribution is 2.23. The average Bonchev–Trinajstić information content (AvgIpc) is 2.82. The molecule has 2 nitrogen and oxygen atoms in total. The van der Waals surface area contributed by atoms with Crippen molar-refractivity contribution in [1.29, 1.82) is 0 Å². The molecule has 2 aromatic rings. The predicted octanol–water partition coefficient (Wildman–Crippen LogP) is 3.89. The van der Waals surface area contributed by atoms with Gasteiger partial charge in [-0.05, 0) is 43.7 Å². The van der Waals surface area contributed by atoms with Gasteiger partial charge in [0.15, 0.2) is 0 Å². The second kappa shape index (κ2) is 7.04. The molecule has 102 valence electrons. The van der Waals surface area contributed by atoms with E-state index in [0.29, 0.717) is 0 Å². The van der Waals surface area contributed by atoms with Crippen molar-refractivity contribution >= 4 is 22.9 Å². The topological polar surface area (TPSA) is 33.1 Å². The number of benzene rings is 1. The van der Waals surface area contributed by atoms with E-state index in [9.17, 15) is 5.11 Å². The fourth-order valence-electron chi connectivity index (χ4n) is 2.13. The summed E-state index contributed by atoms with van der Waals surface area (Å²) < 4.78 is 0. The molecule has 2 rings (SSSR count). The van der Waals surface area contributed by atoms with Gasteiger partial charge in [0.1, 0.15) is 0 Å². The Hall–Kier alpha value is -0.900. The van der Waals surface area contributed by atoms with Gasteiger partial charge in [-0.15, -0.1) is 11.3 Å². The van der Waals surface area contributed by atoms with Crippen LogP contribution in [0.5, 0.6) is 0 Å². The van der Waals surface area contributed by atoms with Crippen LogP contribution in [0.15, 0.2) is 29.8 Å². The van der Waals surface area contributed by atoms with Crippen LogP contribution in [0.1, 0.15) is 22.6 Å². The predicted molar refractivity (Wildman–Crippen MR) is 80.9 cm³/mol. The maximum absolute atomic E-state index is 9.52. The molecule has 0 amide bonds. The molecule has 0 bridgehead atoms. The lowest BCUT2D eigenvalue weighted by Gasteiger charge is -2.14. The van der Waals surface area contributed by atoms with E-state index in [1.54, 1.807) is 11.3 Å². The van der Waals surface area contributed by atoms with Crippen molar-refractivity contribution in [3.8, 4) is 0 Å². The largest absolute Gasteiger partial charge is 0.396 e. The van der Waals surface area contributed by atoms with Crippen LogP contribution in [-0.2, 0) is 12.8 Å². The monoisotopic (exact) mass is 295 g/mol. The summed E-state index contributed by atoms with van der Waals surface area (Å²) >= 11 is 7.85. The van der Waals surface area contributed by atoms with E-state index in [-0.39, 0.29) is 12.5 Å². The number of nitrogens with zero attached hydrogens (tertiary/aromatic N) is 1. The number of aromatic nitrogens is 1. The van der Waals surface area contributed by atoms with Crippen molar-refractivity contribution in [2.24, 2.45) is 5.92 Å². The second-order valence-corrected chi connectivity index (χ2v) is 6.09. The summed E-state index contributed by atoms with van der Waals surface area (Å²) in [6.45, 7) is 2.23. The number of thiazole rings is 1. The van der Waals surface area contributed by atoms with Gasteiger partial charge in [-0.3, -0.25) is 0 Å². The quantitative estimate of drug-likeness (QED) is 0.877. The molecule has 0 aliphatic heterocycles. The van der Waals surface area contributed by atoms with E-state index < -0.39 is 0 Å². The molecule has 1 N–H and O–H groups in total. The number of aryl methyl sites for hydroxylation is 2. The van der Waals surface area contributed by atoms with Gasteiger partial charge in [-0.1, -0.05) is 29.8 Å². The Morgan fingerprint density at radius 3 is 2.79 bits per heavy atom. The smallest absolute Gasteiger partial charge is 0.0797 e. The van der Waals surface area contributed by atoms with Gasteiger partial charge in [0.05, 0.1) is 11.2 Å². The van der Waals surface area contributed by atoms with Crippen LogP contribution in [0.3, 0.4) is 0 Å². The summed E-state index contributed by atoms with van der Waals surface area (Å²) in [6.07, 6.45) is 2.77. The van der Waals surface area contributed by atoms with Crippen molar-refractivity contribution in [3.05, 3.63) is 50.9 Å². The fraction of sp³-hybridized carbons (Fsp3) is 0.400. The fourth-order valence-corrected chi connectivity index (χ4v) is 3.14. The summed E-state index contributed by atoms with van der Waals surface area (Å²) in [5, 5.41) is 10.3. The normalized spacial score (nSPS) is 12.6. The first kappa shape index (κ1) is 14.5. The molecule has 0 aliphatic rings. The van der Waals surface area contributed by atoms with Crippen LogP contribution in [0.2, 0.25) is 5.02 Å². The van der Waals surface area contributed by atoms with Gasteiger partial charge in [0.25, 0.3) is 0 Å². The van der Waals surface area contributed by atoms with Gasteiger partial charge in [0.2, 0.25) is 0 Å². The Labute approximate surface area is 123 Å². The molecule has 1 aromatic carbocycles. The highest BCUT2D eigenvalue weighted by Gasteiger charge is 2.12. The van der Waals surface area contributed by atoms with Crippen molar-refractivity contribution in [3.63, 3.8) is 0 Å². The van der Waals surface area contributed by atoms with Gasteiger partial charge in [0, 0.05) is 16.5 Å². The maximum atomic E-state index is 9.52. The summed E-state index contributed by atoms with van der Waals surface area (Å²) in [5.41, 5.74) is 4.11. The summed E-state index contributed by atoms with van der Waals surface area (Å²) in [5.74, 6) is 0.251. The molecule has 1 atom stereocenters. The van der Waals surface area contributed by atoms with E-state index in [2.05, 4.69) is 4.98 Å². The number of hydrogen-bond acceptors (Lipinski definition) is 3. The first-order chi connectivity index (χ1) is 9.20. The molecular weight excluding hydrogens is 278 g/mol.